The van der Waals surface area contributed by atoms with Gasteiger partial charge < -0.3 is 24.6 Å². The van der Waals surface area contributed by atoms with Crippen molar-refractivity contribution in [2.24, 2.45) is 0 Å². The molecule has 2 N–H and O–H groups in total. The number of alkyl carbamates (subject to hydrolysis) is 1. The second-order valence-electron chi connectivity index (χ2n) is 8.47. The van der Waals surface area contributed by atoms with Crippen LogP contribution in [0, 0.1) is 0 Å². The van der Waals surface area contributed by atoms with E-state index in [0.29, 0.717) is 30.2 Å². The van der Waals surface area contributed by atoms with Crippen LogP contribution in [-0.2, 0) is 4.74 Å². The zero-order valence-electron chi connectivity index (χ0n) is 17.3. The number of carbonyl (C=O) groups is 1. The standard InChI is InChI=1S/C21H26N4O5/c1-21(2,3)30-20(27)24-14-4-5-25(10-14)19(13-8-22-11-23-9-13)15-6-17-18(7-16(15)26)29-12-28-17/h6-9,11,14,19,26H,4-5,10,12H2,1-3H3,(H,24,27)/t14-,19?/m1/s1. The van der Waals surface area contributed by atoms with E-state index >= 15 is 0 Å². The van der Waals surface area contributed by atoms with Crippen molar-refractivity contribution in [3.8, 4) is 17.2 Å². The Hall–Kier alpha value is -3.07. The number of nitrogens with one attached hydrogen (secondary N) is 1. The number of fused-ring (bicyclic) bond motifs is 1. The molecule has 1 amide bonds. The SMILES string of the molecule is CC(C)(C)OC(=O)N[C@@H]1CCN(C(c2cncnc2)c2cc3c(cc2O)OCO3)C1. The molecule has 30 heavy (non-hydrogen) atoms. The Morgan fingerprint density at radius 3 is 2.67 bits per heavy atom. The molecule has 1 aromatic carbocycles. The van der Waals surface area contributed by atoms with Gasteiger partial charge in [0.2, 0.25) is 6.79 Å². The highest BCUT2D eigenvalue weighted by molar-refractivity contribution is 5.68. The molecule has 0 bridgehead atoms. The molecule has 160 valence electrons. The van der Waals surface area contributed by atoms with Gasteiger partial charge in [-0.25, -0.2) is 14.8 Å². The minimum atomic E-state index is -0.551. The largest absolute Gasteiger partial charge is 0.507 e. The number of rotatable bonds is 4. The summed E-state index contributed by atoms with van der Waals surface area (Å²) in [6.07, 6.45) is 5.26. The van der Waals surface area contributed by atoms with Gasteiger partial charge in [-0.3, -0.25) is 4.90 Å². The van der Waals surface area contributed by atoms with E-state index in [2.05, 4.69) is 20.2 Å². The van der Waals surface area contributed by atoms with E-state index < -0.39 is 11.7 Å². The van der Waals surface area contributed by atoms with Crippen LogP contribution in [0.15, 0.2) is 30.9 Å². The highest BCUT2D eigenvalue weighted by atomic mass is 16.7. The van der Waals surface area contributed by atoms with Crippen molar-refractivity contribution in [3.63, 3.8) is 0 Å². The number of aromatic nitrogens is 2. The summed E-state index contributed by atoms with van der Waals surface area (Å²) in [5.74, 6) is 1.22. The second kappa shape index (κ2) is 7.98. The maximum Gasteiger partial charge on any atom is 0.407 e. The second-order valence-corrected chi connectivity index (χ2v) is 8.47. The van der Waals surface area contributed by atoms with Crippen molar-refractivity contribution in [1.82, 2.24) is 20.2 Å². The van der Waals surface area contributed by atoms with E-state index in [4.69, 9.17) is 14.2 Å². The van der Waals surface area contributed by atoms with Crippen molar-refractivity contribution in [2.45, 2.75) is 44.9 Å². The third kappa shape index (κ3) is 4.40. The number of carbonyl (C=O) groups excluding carboxylic acids is 1. The lowest BCUT2D eigenvalue weighted by Crippen LogP contribution is -2.41. The molecule has 3 heterocycles. The lowest BCUT2D eigenvalue weighted by Gasteiger charge is -2.29. The molecule has 2 atom stereocenters. The summed E-state index contributed by atoms with van der Waals surface area (Å²) in [4.78, 5) is 22.6. The van der Waals surface area contributed by atoms with Gasteiger partial charge in [0.15, 0.2) is 11.5 Å². The highest BCUT2D eigenvalue weighted by Crippen LogP contribution is 2.43. The third-order valence-electron chi connectivity index (χ3n) is 5.02. The number of amides is 1. The van der Waals surface area contributed by atoms with E-state index in [1.54, 1.807) is 24.5 Å². The molecule has 9 heteroatoms. The molecule has 1 aromatic heterocycles. The topological polar surface area (TPSA) is 106 Å². The van der Waals surface area contributed by atoms with Crippen LogP contribution in [0.1, 0.15) is 44.4 Å². The van der Waals surface area contributed by atoms with Crippen molar-refractivity contribution < 1.29 is 24.1 Å². The zero-order chi connectivity index (χ0) is 21.3. The van der Waals surface area contributed by atoms with E-state index in [0.717, 1.165) is 12.0 Å². The summed E-state index contributed by atoms with van der Waals surface area (Å²) >= 11 is 0. The van der Waals surface area contributed by atoms with Crippen LogP contribution in [0.2, 0.25) is 0 Å². The fourth-order valence-electron chi connectivity index (χ4n) is 3.82. The lowest BCUT2D eigenvalue weighted by atomic mass is 9.98. The molecule has 1 fully saturated rings. The number of aromatic hydroxyl groups is 1. The first kappa shape index (κ1) is 20.2. The number of hydrogen-bond donors (Lipinski definition) is 2. The Kier molecular flexibility index (Phi) is 5.38. The first-order chi connectivity index (χ1) is 14.3. The minimum Gasteiger partial charge on any atom is -0.507 e. The predicted molar refractivity (Wildman–Crippen MR) is 107 cm³/mol. The number of phenolic OH excluding ortho intramolecular Hbond substituents is 1. The summed E-state index contributed by atoms with van der Waals surface area (Å²) in [5.41, 5.74) is 0.960. The van der Waals surface area contributed by atoms with E-state index in [1.165, 1.54) is 6.33 Å². The van der Waals surface area contributed by atoms with Crippen LogP contribution >= 0.6 is 0 Å². The molecule has 1 unspecified atom stereocenters. The minimum absolute atomic E-state index is 0.0665. The van der Waals surface area contributed by atoms with Gasteiger partial charge in [0.1, 0.15) is 17.7 Å². The van der Waals surface area contributed by atoms with E-state index in [1.807, 2.05) is 20.8 Å². The Labute approximate surface area is 175 Å². The van der Waals surface area contributed by atoms with Crippen LogP contribution < -0.4 is 14.8 Å². The van der Waals surface area contributed by atoms with Crippen LogP contribution in [-0.4, -0.2) is 57.6 Å². The molecular formula is C21H26N4O5. The Balaban J connectivity index is 1.57. The maximum atomic E-state index is 12.2. The quantitative estimate of drug-likeness (QED) is 0.786. The molecule has 2 aliphatic rings. The maximum absolute atomic E-state index is 12.2. The van der Waals surface area contributed by atoms with Gasteiger partial charge in [0.05, 0.1) is 6.04 Å². The van der Waals surface area contributed by atoms with Crippen LogP contribution in [0.25, 0.3) is 0 Å². The lowest BCUT2D eigenvalue weighted by molar-refractivity contribution is 0.0505. The first-order valence-electron chi connectivity index (χ1n) is 9.91. The molecule has 0 saturated carbocycles. The normalized spacial score (nSPS) is 19.5. The molecular weight excluding hydrogens is 388 g/mol. The van der Waals surface area contributed by atoms with Gasteiger partial charge in [0, 0.05) is 48.7 Å². The third-order valence-corrected chi connectivity index (χ3v) is 5.02. The summed E-state index contributed by atoms with van der Waals surface area (Å²) < 4.78 is 16.2. The fourth-order valence-corrected chi connectivity index (χ4v) is 3.82. The fraction of sp³-hybridized carbons (Fsp3) is 0.476. The van der Waals surface area contributed by atoms with Gasteiger partial charge in [-0.15, -0.1) is 0 Å². The van der Waals surface area contributed by atoms with Crippen molar-refractivity contribution in [2.75, 3.05) is 19.9 Å². The summed E-state index contributed by atoms with van der Waals surface area (Å²) in [7, 11) is 0. The van der Waals surface area contributed by atoms with Gasteiger partial charge in [-0.05, 0) is 33.3 Å². The molecule has 2 aromatic rings. The number of likely N-dealkylation sites (tertiary alicyclic amines) is 1. The first-order valence-corrected chi connectivity index (χ1v) is 9.91. The van der Waals surface area contributed by atoms with E-state index in [-0.39, 0.29) is 24.6 Å². The predicted octanol–water partition coefficient (Wildman–Crippen LogP) is 2.60. The Morgan fingerprint density at radius 1 is 1.27 bits per heavy atom. The number of phenols is 1. The number of hydrogen-bond acceptors (Lipinski definition) is 8. The van der Waals surface area contributed by atoms with Crippen molar-refractivity contribution in [3.05, 3.63) is 42.0 Å². The summed E-state index contributed by atoms with van der Waals surface area (Å²) in [6.45, 7) is 6.94. The van der Waals surface area contributed by atoms with Crippen LogP contribution in [0.5, 0.6) is 17.2 Å². The van der Waals surface area contributed by atoms with E-state index in [9.17, 15) is 9.90 Å². The molecule has 0 radical (unpaired) electrons. The Bertz CT molecular complexity index is 916. The van der Waals surface area contributed by atoms with Gasteiger partial charge in [-0.1, -0.05) is 0 Å². The Morgan fingerprint density at radius 2 is 1.97 bits per heavy atom. The van der Waals surface area contributed by atoms with Crippen molar-refractivity contribution >= 4 is 6.09 Å². The van der Waals surface area contributed by atoms with Gasteiger partial charge >= 0.3 is 6.09 Å². The molecule has 0 aliphatic carbocycles. The number of benzene rings is 1. The number of nitrogens with zero attached hydrogens (tertiary/aromatic N) is 3. The zero-order valence-corrected chi connectivity index (χ0v) is 17.3. The van der Waals surface area contributed by atoms with Gasteiger partial charge in [-0.2, -0.15) is 0 Å². The average molecular weight is 414 g/mol. The van der Waals surface area contributed by atoms with Crippen LogP contribution in [0.3, 0.4) is 0 Å². The molecule has 4 rings (SSSR count). The monoisotopic (exact) mass is 414 g/mol. The molecule has 0 spiro atoms. The molecule has 1 saturated heterocycles. The molecule has 2 aliphatic heterocycles. The van der Waals surface area contributed by atoms with Gasteiger partial charge in [0.25, 0.3) is 0 Å². The average Bonchev–Trinajstić information content (AvgIpc) is 3.31. The van der Waals surface area contributed by atoms with Crippen LogP contribution in [0.4, 0.5) is 4.79 Å². The summed E-state index contributed by atoms with van der Waals surface area (Å²) in [6, 6.07) is 3.00. The smallest absolute Gasteiger partial charge is 0.407 e. The number of ether oxygens (including phenoxy) is 3. The molecule has 9 nitrogen and oxygen atoms in total. The van der Waals surface area contributed by atoms with Crippen molar-refractivity contribution in [1.29, 1.82) is 0 Å². The summed E-state index contributed by atoms with van der Waals surface area (Å²) in [5, 5.41) is 13.7. The highest BCUT2D eigenvalue weighted by Gasteiger charge is 2.34.